The van der Waals surface area contributed by atoms with Gasteiger partial charge >= 0.3 is 5.69 Å². The molecule has 1 aliphatic carbocycles. The molecule has 0 bridgehead atoms. The van der Waals surface area contributed by atoms with Crippen LogP contribution in [0.5, 0.6) is 0 Å². The van der Waals surface area contributed by atoms with Crippen LogP contribution in [0.3, 0.4) is 0 Å². The number of aryl methyl sites for hydroxylation is 1. The summed E-state index contributed by atoms with van der Waals surface area (Å²) in [4.78, 5) is 28.7. The van der Waals surface area contributed by atoms with E-state index >= 15 is 0 Å². The topological polar surface area (TPSA) is 98.0 Å². The molecule has 6 heteroatoms. The minimum Gasteiger partial charge on any atom is -0.391 e. The van der Waals surface area contributed by atoms with Gasteiger partial charge in [-0.05, 0) is 49.3 Å². The van der Waals surface area contributed by atoms with Crippen LogP contribution in [0.25, 0.3) is 11.0 Å². The molecule has 0 aliphatic heterocycles. The highest BCUT2D eigenvalue weighted by atomic mass is 16.3. The standard InChI is InChI=1S/C19H27N3O3/c23-17(14-6-2-1-3-7-14)12-20-18(24)8-4-5-13-9-10-15-16(11-13)22-19(25)21-15/h9-11,14,17,23H,1-8,12H2,(H,20,24)(H2,21,22,25). The molecule has 136 valence electrons. The Morgan fingerprint density at radius 1 is 1.20 bits per heavy atom. The zero-order valence-corrected chi connectivity index (χ0v) is 14.5. The van der Waals surface area contributed by atoms with Crippen LogP contribution in [-0.2, 0) is 11.2 Å². The van der Waals surface area contributed by atoms with Gasteiger partial charge in [0.05, 0.1) is 17.1 Å². The summed E-state index contributed by atoms with van der Waals surface area (Å²) in [5.41, 5.74) is 2.48. The van der Waals surface area contributed by atoms with Crippen molar-refractivity contribution in [2.24, 2.45) is 5.92 Å². The van der Waals surface area contributed by atoms with E-state index in [2.05, 4.69) is 15.3 Å². The molecule has 1 saturated carbocycles. The molecule has 1 amide bonds. The van der Waals surface area contributed by atoms with E-state index in [0.717, 1.165) is 42.3 Å². The number of hydrogen-bond acceptors (Lipinski definition) is 3. The Bertz CT molecular complexity index is 759. The fourth-order valence-corrected chi connectivity index (χ4v) is 3.68. The summed E-state index contributed by atoms with van der Waals surface area (Å²) in [7, 11) is 0. The lowest BCUT2D eigenvalue weighted by atomic mass is 9.85. The highest BCUT2D eigenvalue weighted by molar-refractivity contribution is 5.76. The van der Waals surface area contributed by atoms with Gasteiger partial charge in [0.25, 0.3) is 0 Å². The lowest BCUT2D eigenvalue weighted by Gasteiger charge is -2.26. The molecule has 4 N–H and O–H groups in total. The van der Waals surface area contributed by atoms with Crippen LogP contribution in [0.15, 0.2) is 23.0 Å². The van der Waals surface area contributed by atoms with Crippen LogP contribution in [-0.4, -0.2) is 33.6 Å². The van der Waals surface area contributed by atoms with E-state index in [1.54, 1.807) is 0 Å². The van der Waals surface area contributed by atoms with E-state index in [1.165, 1.54) is 19.3 Å². The Morgan fingerprint density at radius 2 is 1.96 bits per heavy atom. The molecule has 1 atom stereocenters. The zero-order valence-electron chi connectivity index (χ0n) is 14.5. The molecule has 2 aromatic rings. The smallest absolute Gasteiger partial charge is 0.323 e. The number of benzene rings is 1. The summed E-state index contributed by atoms with van der Waals surface area (Å²) in [6.07, 6.45) is 7.32. The summed E-state index contributed by atoms with van der Waals surface area (Å²) >= 11 is 0. The van der Waals surface area contributed by atoms with Crippen molar-refractivity contribution in [1.29, 1.82) is 0 Å². The number of hydrogen-bond donors (Lipinski definition) is 4. The predicted molar refractivity (Wildman–Crippen MR) is 97.4 cm³/mol. The van der Waals surface area contributed by atoms with Crippen molar-refractivity contribution < 1.29 is 9.90 Å². The molecular weight excluding hydrogens is 318 g/mol. The predicted octanol–water partition coefficient (Wildman–Crippen LogP) is 2.24. The summed E-state index contributed by atoms with van der Waals surface area (Å²) in [6.45, 7) is 0.361. The minimum atomic E-state index is -0.419. The summed E-state index contributed by atoms with van der Waals surface area (Å²) in [5.74, 6) is 0.329. The van der Waals surface area contributed by atoms with Gasteiger partial charge in [0.1, 0.15) is 0 Å². The highest BCUT2D eigenvalue weighted by Crippen LogP contribution is 2.26. The number of aromatic amines is 2. The number of carbonyl (C=O) groups is 1. The quantitative estimate of drug-likeness (QED) is 0.619. The van der Waals surface area contributed by atoms with Gasteiger partial charge in [0.2, 0.25) is 5.91 Å². The van der Waals surface area contributed by atoms with Gasteiger partial charge in [-0.3, -0.25) is 4.79 Å². The fraction of sp³-hybridized carbons (Fsp3) is 0.579. The van der Waals surface area contributed by atoms with E-state index in [-0.39, 0.29) is 11.6 Å². The van der Waals surface area contributed by atoms with Gasteiger partial charge in [-0.25, -0.2) is 4.79 Å². The Kier molecular flexibility index (Phi) is 5.91. The van der Waals surface area contributed by atoms with Crippen LogP contribution in [0.2, 0.25) is 0 Å². The normalized spacial score (nSPS) is 16.8. The maximum Gasteiger partial charge on any atom is 0.323 e. The lowest BCUT2D eigenvalue weighted by Crippen LogP contribution is -2.37. The maximum absolute atomic E-state index is 12.0. The van der Waals surface area contributed by atoms with Crippen LogP contribution < -0.4 is 11.0 Å². The first-order chi connectivity index (χ1) is 12.1. The molecule has 1 fully saturated rings. The molecule has 0 radical (unpaired) electrons. The molecule has 1 aromatic heterocycles. The highest BCUT2D eigenvalue weighted by Gasteiger charge is 2.21. The van der Waals surface area contributed by atoms with Gasteiger partial charge < -0.3 is 20.4 Å². The van der Waals surface area contributed by atoms with Crippen molar-refractivity contribution in [3.05, 3.63) is 34.2 Å². The van der Waals surface area contributed by atoms with E-state index in [0.29, 0.717) is 18.9 Å². The van der Waals surface area contributed by atoms with E-state index in [1.807, 2.05) is 18.2 Å². The summed E-state index contributed by atoms with van der Waals surface area (Å²) in [5, 5.41) is 13.0. The number of carbonyl (C=O) groups excluding carboxylic acids is 1. The van der Waals surface area contributed by atoms with Gasteiger partial charge in [0.15, 0.2) is 0 Å². The Balaban J connectivity index is 1.38. The van der Waals surface area contributed by atoms with Crippen molar-refractivity contribution in [2.75, 3.05) is 6.54 Å². The summed E-state index contributed by atoms with van der Waals surface area (Å²) in [6, 6.07) is 5.79. The molecule has 1 aromatic carbocycles. The molecular formula is C19H27N3O3. The minimum absolute atomic E-state index is 0.00834. The fourth-order valence-electron chi connectivity index (χ4n) is 3.68. The molecule has 1 heterocycles. The Hall–Kier alpha value is -2.08. The van der Waals surface area contributed by atoms with Crippen molar-refractivity contribution in [1.82, 2.24) is 15.3 Å². The maximum atomic E-state index is 12.0. The first-order valence-electron chi connectivity index (χ1n) is 9.27. The number of H-pyrrole nitrogens is 2. The number of aliphatic hydroxyl groups is 1. The number of nitrogens with one attached hydrogen (secondary N) is 3. The van der Waals surface area contributed by atoms with Crippen molar-refractivity contribution >= 4 is 16.9 Å². The molecule has 6 nitrogen and oxygen atoms in total. The Morgan fingerprint density at radius 3 is 2.76 bits per heavy atom. The monoisotopic (exact) mass is 345 g/mol. The first kappa shape index (κ1) is 17.7. The van der Waals surface area contributed by atoms with Crippen LogP contribution in [0.1, 0.15) is 50.5 Å². The van der Waals surface area contributed by atoms with E-state index in [4.69, 9.17) is 0 Å². The number of rotatable bonds is 7. The molecule has 1 unspecified atom stereocenters. The third-order valence-electron chi connectivity index (χ3n) is 5.15. The van der Waals surface area contributed by atoms with Crippen LogP contribution in [0.4, 0.5) is 0 Å². The molecule has 0 saturated heterocycles. The third-order valence-corrected chi connectivity index (χ3v) is 5.15. The van der Waals surface area contributed by atoms with Gasteiger partial charge in [-0.15, -0.1) is 0 Å². The largest absolute Gasteiger partial charge is 0.391 e. The number of imidazole rings is 1. The second-order valence-electron chi connectivity index (χ2n) is 7.08. The third kappa shape index (κ3) is 4.95. The average Bonchev–Trinajstić information content (AvgIpc) is 2.99. The number of fused-ring (bicyclic) bond motifs is 1. The zero-order chi connectivity index (χ0) is 17.6. The second-order valence-corrected chi connectivity index (χ2v) is 7.08. The second kappa shape index (κ2) is 8.34. The van der Waals surface area contributed by atoms with Crippen LogP contribution in [0, 0.1) is 5.92 Å². The SMILES string of the molecule is O=C(CCCc1ccc2[nH]c(=O)[nH]c2c1)NCC(O)C1CCCCC1. The number of aliphatic hydroxyl groups excluding tert-OH is 1. The van der Waals surface area contributed by atoms with Gasteiger partial charge in [-0.2, -0.15) is 0 Å². The van der Waals surface area contributed by atoms with Crippen molar-refractivity contribution in [2.45, 2.75) is 57.5 Å². The average molecular weight is 345 g/mol. The number of amides is 1. The van der Waals surface area contributed by atoms with E-state index < -0.39 is 6.10 Å². The van der Waals surface area contributed by atoms with Gasteiger partial charge in [0, 0.05) is 13.0 Å². The van der Waals surface area contributed by atoms with Crippen molar-refractivity contribution in [3.8, 4) is 0 Å². The molecule has 1 aliphatic rings. The van der Waals surface area contributed by atoms with Gasteiger partial charge in [-0.1, -0.05) is 25.3 Å². The van der Waals surface area contributed by atoms with Crippen molar-refractivity contribution in [3.63, 3.8) is 0 Å². The molecule has 25 heavy (non-hydrogen) atoms. The first-order valence-corrected chi connectivity index (χ1v) is 9.27. The molecule has 0 spiro atoms. The number of aromatic nitrogens is 2. The Labute approximate surface area is 147 Å². The lowest BCUT2D eigenvalue weighted by molar-refractivity contribution is -0.121. The summed E-state index contributed by atoms with van der Waals surface area (Å²) < 4.78 is 0. The van der Waals surface area contributed by atoms with Crippen LogP contribution >= 0.6 is 0 Å². The molecule has 3 rings (SSSR count). The van der Waals surface area contributed by atoms with E-state index in [9.17, 15) is 14.7 Å².